The average molecular weight is 290 g/mol. The van der Waals surface area contributed by atoms with E-state index in [1.165, 1.54) is 35.3 Å². The zero-order valence-electron chi connectivity index (χ0n) is 12.4. The Bertz CT molecular complexity index is 607. The number of fused-ring (bicyclic) bond motifs is 1. The molecular weight excluding hydrogens is 268 g/mol. The lowest BCUT2D eigenvalue weighted by molar-refractivity contribution is 0.345. The molecule has 1 atom stereocenters. The summed E-state index contributed by atoms with van der Waals surface area (Å²) < 4.78 is 0. The molecule has 0 aromatic carbocycles. The molecule has 0 spiro atoms. The second-order valence-corrected chi connectivity index (χ2v) is 6.82. The first-order valence-electron chi connectivity index (χ1n) is 7.36. The van der Waals surface area contributed by atoms with Gasteiger partial charge < -0.3 is 10.2 Å². The Balaban J connectivity index is 1.75. The quantitative estimate of drug-likeness (QED) is 0.939. The van der Waals surface area contributed by atoms with Gasteiger partial charge in [0.05, 0.1) is 5.39 Å². The van der Waals surface area contributed by atoms with Gasteiger partial charge in [0.15, 0.2) is 0 Å². The smallest absolute Gasteiger partial charge is 0.138 e. The van der Waals surface area contributed by atoms with Gasteiger partial charge in [-0.05, 0) is 44.8 Å². The van der Waals surface area contributed by atoms with Crippen molar-refractivity contribution >= 4 is 27.4 Å². The topological polar surface area (TPSA) is 41.0 Å². The van der Waals surface area contributed by atoms with Gasteiger partial charge in [-0.2, -0.15) is 0 Å². The van der Waals surface area contributed by atoms with Gasteiger partial charge in [0.2, 0.25) is 0 Å². The van der Waals surface area contributed by atoms with Crippen LogP contribution in [0.15, 0.2) is 6.33 Å². The highest BCUT2D eigenvalue weighted by molar-refractivity contribution is 7.18. The van der Waals surface area contributed by atoms with Crippen molar-refractivity contribution in [2.45, 2.75) is 27.2 Å². The van der Waals surface area contributed by atoms with Crippen LogP contribution in [0.4, 0.5) is 5.82 Å². The summed E-state index contributed by atoms with van der Waals surface area (Å²) in [6.07, 6.45) is 2.96. The molecule has 0 saturated carbocycles. The molecule has 5 heteroatoms. The predicted molar refractivity (Wildman–Crippen MR) is 85.6 cm³/mol. The van der Waals surface area contributed by atoms with Gasteiger partial charge in [-0.3, -0.25) is 0 Å². The number of thiophene rings is 1. The van der Waals surface area contributed by atoms with Crippen molar-refractivity contribution in [3.05, 3.63) is 16.8 Å². The van der Waals surface area contributed by atoms with Crippen LogP contribution in [-0.2, 0) is 0 Å². The number of anilines is 1. The zero-order chi connectivity index (χ0) is 14.1. The van der Waals surface area contributed by atoms with Crippen molar-refractivity contribution in [2.75, 3.05) is 31.5 Å². The van der Waals surface area contributed by atoms with E-state index in [-0.39, 0.29) is 0 Å². The van der Waals surface area contributed by atoms with E-state index in [9.17, 15) is 0 Å². The van der Waals surface area contributed by atoms with Gasteiger partial charge in [-0.25, -0.2) is 9.97 Å². The molecule has 1 fully saturated rings. The minimum absolute atomic E-state index is 0.736. The molecule has 1 N–H and O–H groups in total. The molecular formula is C15H22N4S. The Morgan fingerprint density at radius 2 is 2.25 bits per heavy atom. The molecule has 0 bridgehead atoms. The summed E-state index contributed by atoms with van der Waals surface area (Å²) >= 11 is 1.76. The van der Waals surface area contributed by atoms with E-state index in [2.05, 4.69) is 41.0 Å². The van der Waals surface area contributed by atoms with E-state index >= 15 is 0 Å². The van der Waals surface area contributed by atoms with Crippen LogP contribution in [0.5, 0.6) is 0 Å². The van der Waals surface area contributed by atoms with Crippen molar-refractivity contribution in [1.29, 1.82) is 0 Å². The maximum absolute atomic E-state index is 4.45. The van der Waals surface area contributed by atoms with Crippen molar-refractivity contribution in [3.63, 3.8) is 0 Å². The molecule has 1 unspecified atom stereocenters. The fourth-order valence-electron chi connectivity index (χ4n) is 2.92. The lowest BCUT2D eigenvalue weighted by Crippen LogP contribution is -2.22. The Morgan fingerprint density at radius 3 is 3.00 bits per heavy atom. The van der Waals surface area contributed by atoms with E-state index in [1.807, 2.05) is 0 Å². The lowest BCUT2D eigenvalue weighted by Gasteiger charge is -2.14. The number of nitrogens with zero attached hydrogens (tertiary/aromatic N) is 3. The Morgan fingerprint density at radius 1 is 1.40 bits per heavy atom. The van der Waals surface area contributed by atoms with E-state index in [0.29, 0.717) is 0 Å². The monoisotopic (exact) mass is 290 g/mol. The highest BCUT2D eigenvalue weighted by Gasteiger charge is 2.21. The number of nitrogens with one attached hydrogen (secondary N) is 1. The van der Waals surface area contributed by atoms with Gasteiger partial charge in [0, 0.05) is 18.0 Å². The molecule has 4 nitrogen and oxygen atoms in total. The van der Waals surface area contributed by atoms with Gasteiger partial charge in [-0.15, -0.1) is 11.3 Å². The molecule has 20 heavy (non-hydrogen) atoms. The van der Waals surface area contributed by atoms with Crippen molar-refractivity contribution < 1.29 is 0 Å². The fourth-order valence-corrected chi connectivity index (χ4v) is 3.92. The normalized spacial score (nSPS) is 19.9. The summed E-state index contributed by atoms with van der Waals surface area (Å²) in [7, 11) is 0. The first-order valence-corrected chi connectivity index (χ1v) is 8.17. The Kier molecular flexibility index (Phi) is 3.89. The number of hydrogen-bond donors (Lipinski definition) is 1. The first kappa shape index (κ1) is 13.8. The van der Waals surface area contributed by atoms with Gasteiger partial charge in [-0.1, -0.05) is 6.92 Å². The number of aryl methyl sites for hydroxylation is 2. The second kappa shape index (κ2) is 5.66. The van der Waals surface area contributed by atoms with Crippen LogP contribution in [0.3, 0.4) is 0 Å². The molecule has 2 aromatic rings. The fraction of sp³-hybridized carbons (Fsp3) is 0.600. The number of aromatic nitrogens is 2. The third-order valence-corrected chi connectivity index (χ3v) is 5.46. The molecule has 0 aliphatic carbocycles. The SMILES string of the molecule is CCN1CCC(CNc2ncnc3sc(C)c(C)c23)C1. The molecule has 1 aliphatic rings. The predicted octanol–water partition coefficient (Wildman–Crippen LogP) is 3.06. The van der Waals surface area contributed by atoms with Crippen LogP contribution in [0.2, 0.25) is 0 Å². The molecule has 108 valence electrons. The zero-order valence-corrected chi connectivity index (χ0v) is 13.3. The second-order valence-electron chi connectivity index (χ2n) is 5.61. The van der Waals surface area contributed by atoms with Crippen molar-refractivity contribution in [1.82, 2.24) is 14.9 Å². The lowest BCUT2D eigenvalue weighted by atomic mass is 10.1. The van der Waals surface area contributed by atoms with Gasteiger partial charge in [0.25, 0.3) is 0 Å². The molecule has 0 radical (unpaired) electrons. The standard InChI is InChI=1S/C15H22N4S/c1-4-19-6-5-12(8-19)7-16-14-13-10(2)11(3)20-15(13)18-9-17-14/h9,12H,4-8H2,1-3H3,(H,16,17,18). The largest absolute Gasteiger partial charge is 0.369 e. The molecule has 1 aliphatic heterocycles. The van der Waals surface area contributed by atoms with E-state index in [0.717, 1.165) is 29.7 Å². The molecule has 2 aromatic heterocycles. The molecule has 0 amide bonds. The number of likely N-dealkylation sites (tertiary alicyclic amines) is 1. The molecule has 1 saturated heterocycles. The van der Waals surface area contributed by atoms with E-state index < -0.39 is 0 Å². The van der Waals surface area contributed by atoms with Crippen LogP contribution in [-0.4, -0.2) is 41.0 Å². The van der Waals surface area contributed by atoms with Gasteiger partial charge in [0.1, 0.15) is 17.0 Å². The highest BCUT2D eigenvalue weighted by atomic mass is 32.1. The van der Waals surface area contributed by atoms with Crippen LogP contribution >= 0.6 is 11.3 Å². The van der Waals surface area contributed by atoms with Crippen molar-refractivity contribution in [2.24, 2.45) is 5.92 Å². The number of hydrogen-bond acceptors (Lipinski definition) is 5. The summed E-state index contributed by atoms with van der Waals surface area (Å²) in [5.41, 5.74) is 1.31. The van der Waals surface area contributed by atoms with E-state index in [1.54, 1.807) is 17.7 Å². The Labute approximate surface area is 124 Å². The third kappa shape index (κ3) is 2.52. The summed E-state index contributed by atoms with van der Waals surface area (Å²) in [6, 6.07) is 0. The van der Waals surface area contributed by atoms with Crippen LogP contribution in [0.1, 0.15) is 23.8 Å². The van der Waals surface area contributed by atoms with Crippen LogP contribution in [0, 0.1) is 19.8 Å². The van der Waals surface area contributed by atoms with Crippen LogP contribution < -0.4 is 5.32 Å². The van der Waals surface area contributed by atoms with Crippen LogP contribution in [0.25, 0.3) is 10.2 Å². The summed E-state index contributed by atoms with van der Waals surface area (Å²) in [6.45, 7) is 11.2. The highest BCUT2D eigenvalue weighted by Crippen LogP contribution is 2.32. The van der Waals surface area contributed by atoms with Gasteiger partial charge >= 0.3 is 0 Å². The van der Waals surface area contributed by atoms with Crippen molar-refractivity contribution in [3.8, 4) is 0 Å². The maximum Gasteiger partial charge on any atom is 0.138 e. The third-order valence-electron chi connectivity index (χ3n) is 4.34. The minimum Gasteiger partial charge on any atom is -0.369 e. The first-order chi connectivity index (χ1) is 9.69. The Hall–Kier alpha value is -1.20. The summed E-state index contributed by atoms with van der Waals surface area (Å²) in [4.78, 5) is 13.8. The summed E-state index contributed by atoms with van der Waals surface area (Å²) in [5, 5.41) is 4.77. The summed E-state index contributed by atoms with van der Waals surface area (Å²) in [5.74, 6) is 1.74. The minimum atomic E-state index is 0.736. The van der Waals surface area contributed by atoms with E-state index in [4.69, 9.17) is 0 Å². The molecule has 3 rings (SSSR count). The average Bonchev–Trinajstić information content (AvgIpc) is 3.02. The maximum atomic E-state index is 4.45. The number of rotatable bonds is 4. The molecule has 3 heterocycles.